The second kappa shape index (κ2) is 4.79. The topological polar surface area (TPSA) is 51.8 Å². The van der Waals surface area contributed by atoms with Crippen LogP contribution < -0.4 is 0 Å². The Labute approximate surface area is 104 Å². The number of aromatic nitrogens is 3. The van der Waals surface area contributed by atoms with Crippen LogP contribution in [0.25, 0.3) is 11.6 Å². The SMILES string of the molecule is c1ccc(Cc2nnc(-c3ccccn3)o2)cc1. The molecule has 0 fully saturated rings. The van der Waals surface area contributed by atoms with Crippen molar-refractivity contribution in [3.63, 3.8) is 0 Å². The van der Waals surface area contributed by atoms with Crippen molar-refractivity contribution in [3.05, 3.63) is 66.2 Å². The van der Waals surface area contributed by atoms with Crippen molar-refractivity contribution in [3.8, 4) is 11.6 Å². The number of rotatable bonds is 3. The van der Waals surface area contributed by atoms with E-state index in [1.165, 1.54) is 0 Å². The summed E-state index contributed by atoms with van der Waals surface area (Å²) in [5, 5.41) is 8.03. The van der Waals surface area contributed by atoms with E-state index in [9.17, 15) is 0 Å². The van der Waals surface area contributed by atoms with Gasteiger partial charge in [0.2, 0.25) is 5.89 Å². The number of hydrogen-bond acceptors (Lipinski definition) is 4. The fourth-order valence-corrected chi connectivity index (χ4v) is 1.69. The average Bonchev–Trinajstić information content (AvgIpc) is 2.89. The Kier molecular flexibility index (Phi) is 2.84. The van der Waals surface area contributed by atoms with Crippen LogP contribution in [0.1, 0.15) is 11.5 Å². The minimum absolute atomic E-state index is 0.460. The maximum atomic E-state index is 5.59. The highest BCUT2D eigenvalue weighted by Crippen LogP contribution is 2.16. The predicted molar refractivity (Wildman–Crippen MR) is 66.8 cm³/mol. The van der Waals surface area contributed by atoms with Crippen LogP contribution in [0.2, 0.25) is 0 Å². The Morgan fingerprint density at radius 1 is 0.889 bits per heavy atom. The summed E-state index contributed by atoms with van der Waals surface area (Å²) >= 11 is 0. The van der Waals surface area contributed by atoms with Crippen LogP contribution in [0.3, 0.4) is 0 Å². The van der Waals surface area contributed by atoms with E-state index >= 15 is 0 Å². The zero-order chi connectivity index (χ0) is 12.2. The monoisotopic (exact) mass is 237 g/mol. The summed E-state index contributed by atoms with van der Waals surface area (Å²) < 4.78 is 5.59. The number of nitrogens with zero attached hydrogens (tertiary/aromatic N) is 3. The summed E-state index contributed by atoms with van der Waals surface area (Å²) in [7, 11) is 0. The lowest BCUT2D eigenvalue weighted by atomic mass is 10.2. The van der Waals surface area contributed by atoms with Gasteiger partial charge in [-0.05, 0) is 17.7 Å². The third-order valence-corrected chi connectivity index (χ3v) is 2.55. The standard InChI is InChI=1S/C14H11N3O/c1-2-6-11(7-3-1)10-13-16-17-14(18-13)12-8-4-5-9-15-12/h1-9H,10H2. The van der Waals surface area contributed by atoms with Gasteiger partial charge in [-0.25, -0.2) is 0 Å². The van der Waals surface area contributed by atoms with Crippen LogP contribution in [-0.4, -0.2) is 15.2 Å². The van der Waals surface area contributed by atoms with E-state index in [0.717, 1.165) is 5.56 Å². The van der Waals surface area contributed by atoms with Crippen molar-refractivity contribution < 1.29 is 4.42 Å². The molecule has 88 valence electrons. The van der Waals surface area contributed by atoms with Crippen molar-refractivity contribution in [2.75, 3.05) is 0 Å². The third-order valence-electron chi connectivity index (χ3n) is 2.55. The molecule has 3 rings (SSSR count). The summed E-state index contributed by atoms with van der Waals surface area (Å²) in [5.74, 6) is 1.06. The fraction of sp³-hybridized carbons (Fsp3) is 0.0714. The first-order valence-corrected chi connectivity index (χ1v) is 5.69. The molecule has 0 aliphatic heterocycles. The summed E-state index contributed by atoms with van der Waals surface area (Å²) in [5.41, 5.74) is 1.85. The molecule has 0 aliphatic carbocycles. The van der Waals surface area contributed by atoms with Crippen molar-refractivity contribution >= 4 is 0 Å². The largest absolute Gasteiger partial charge is 0.419 e. The molecule has 0 aliphatic rings. The summed E-state index contributed by atoms with van der Waals surface area (Å²) in [6, 6.07) is 15.6. The van der Waals surface area contributed by atoms with E-state index in [1.54, 1.807) is 6.20 Å². The lowest BCUT2D eigenvalue weighted by molar-refractivity contribution is 0.516. The van der Waals surface area contributed by atoms with E-state index in [1.807, 2.05) is 48.5 Å². The van der Waals surface area contributed by atoms with E-state index in [4.69, 9.17) is 4.42 Å². The Hall–Kier alpha value is -2.49. The van der Waals surface area contributed by atoms with Crippen molar-refractivity contribution in [2.45, 2.75) is 6.42 Å². The molecule has 3 aromatic rings. The molecule has 4 heteroatoms. The second-order valence-electron chi connectivity index (χ2n) is 3.88. The highest BCUT2D eigenvalue weighted by molar-refractivity contribution is 5.45. The molecule has 0 spiro atoms. The molecule has 2 heterocycles. The highest BCUT2D eigenvalue weighted by Gasteiger charge is 2.09. The Morgan fingerprint density at radius 2 is 1.72 bits per heavy atom. The normalized spacial score (nSPS) is 10.4. The van der Waals surface area contributed by atoms with Gasteiger partial charge in [-0.2, -0.15) is 0 Å². The van der Waals surface area contributed by atoms with E-state index < -0.39 is 0 Å². The molecule has 1 aromatic carbocycles. The molecule has 0 radical (unpaired) electrons. The number of hydrogen-bond donors (Lipinski definition) is 0. The van der Waals surface area contributed by atoms with Crippen LogP contribution in [0.5, 0.6) is 0 Å². The Balaban J connectivity index is 1.82. The summed E-state index contributed by atoms with van der Waals surface area (Å²) in [4.78, 5) is 4.17. The van der Waals surface area contributed by atoms with Crippen molar-refractivity contribution in [1.29, 1.82) is 0 Å². The minimum Gasteiger partial charge on any atom is -0.419 e. The zero-order valence-corrected chi connectivity index (χ0v) is 9.65. The Morgan fingerprint density at radius 3 is 2.50 bits per heavy atom. The van der Waals surface area contributed by atoms with Crippen molar-refractivity contribution in [1.82, 2.24) is 15.2 Å². The molecule has 0 amide bonds. The average molecular weight is 237 g/mol. The number of pyridine rings is 1. The van der Waals surface area contributed by atoms with Gasteiger partial charge in [-0.3, -0.25) is 4.98 Å². The van der Waals surface area contributed by atoms with E-state index in [0.29, 0.717) is 23.9 Å². The van der Waals surface area contributed by atoms with Gasteiger partial charge in [0, 0.05) is 6.20 Å². The second-order valence-corrected chi connectivity index (χ2v) is 3.88. The lowest BCUT2D eigenvalue weighted by Crippen LogP contribution is -1.87. The van der Waals surface area contributed by atoms with E-state index in [-0.39, 0.29) is 0 Å². The van der Waals surface area contributed by atoms with Gasteiger partial charge in [-0.1, -0.05) is 36.4 Å². The first-order valence-electron chi connectivity index (χ1n) is 5.69. The maximum absolute atomic E-state index is 5.59. The van der Waals surface area contributed by atoms with Gasteiger partial charge in [0.25, 0.3) is 5.89 Å². The molecule has 4 nitrogen and oxygen atoms in total. The van der Waals surface area contributed by atoms with Gasteiger partial charge >= 0.3 is 0 Å². The first kappa shape index (κ1) is 10.7. The quantitative estimate of drug-likeness (QED) is 0.702. The van der Waals surface area contributed by atoms with Crippen LogP contribution in [-0.2, 0) is 6.42 Å². The first-order chi connectivity index (χ1) is 8.92. The van der Waals surface area contributed by atoms with Crippen LogP contribution >= 0.6 is 0 Å². The molecule has 0 saturated carbocycles. The van der Waals surface area contributed by atoms with Crippen molar-refractivity contribution in [2.24, 2.45) is 0 Å². The molecule has 0 N–H and O–H groups in total. The minimum atomic E-state index is 0.460. The van der Waals surface area contributed by atoms with Gasteiger partial charge in [0.1, 0.15) is 5.69 Å². The maximum Gasteiger partial charge on any atom is 0.266 e. The summed E-state index contributed by atoms with van der Waals surface area (Å²) in [6.45, 7) is 0. The summed E-state index contributed by atoms with van der Waals surface area (Å²) in [6.07, 6.45) is 2.34. The lowest BCUT2D eigenvalue weighted by Gasteiger charge is -1.95. The molecule has 18 heavy (non-hydrogen) atoms. The predicted octanol–water partition coefficient (Wildman–Crippen LogP) is 2.72. The van der Waals surface area contributed by atoms with E-state index in [2.05, 4.69) is 15.2 Å². The number of benzene rings is 1. The fourth-order valence-electron chi connectivity index (χ4n) is 1.69. The molecular formula is C14H11N3O. The van der Waals surface area contributed by atoms with Gasteiger partial charge < -0.3 is 4.42 Å². The Bertz CT molecular complexity index is 620. The molecular weight excluding hydrogens is 226 g/mol. The molecule has 0 atom stereocenters. The molecule has 0 bridgehead atoms. The van der Waals surface area contributed by atoms with Crippen LogP contribution in [0.15, 0.2) is 59.1 Å². The van der Waals surface area contributed by atoms with Gasteiger partial charge in [-0.15, -0.1) is 10.2 Å². The smallest absolute Gasteiger partial charge is 0.266 e. The third kappa shape index (κ3) is 2.27. The molecule has 2 aromatic heterocycles. The van der Waals surface area contributed by atoms with Gasteiger partial charge in [0.05, 0.1) is 6.42 Å². The van der Waals surface area contributed by atoms with Crippen LogP contribution in [0.4, 0.5) is 0 Å². The highest BCUT2D eigenvalue weighted by atomic mass is 16.4. The molecule has 0 unspecified atom stereocenters. The molecule has 0 saturated heterocycles. The van der Waals surface area contributed by atoms with Crippen LogP contribution in [0, 0.1) is 0 Å². The zero-order valence-electron chi connectivity index (χ0n) is 9.65. The van der Waals surface area contributed by atoms with Gasteiger partial charge in [0.15, 0.2) is 0 Å².